The molecule has 1 saturated heterocycles. The number of hydrogen-bond acceptors (Lipinski definition) is 2. The molecule has 0 aromatic carbocycles. The van der Waals surface area contributed by atoms with E-state index in [4.69, 9.17) is 5.73 Å². The predicted molar refractivity (Wildman–Crippen MR) is 44.2 cm³/mol. The van der Waals surface area contributed by atoms with Gasteiger partial charge in [0, 0.05) is 0 Å². The summed E-state index contributed by atoms with van der Waals surface area (Å²) in [7, 11) is 0. The SMILES string of the molecule is NCCC1CCNCCC1F. The Balaban J connectivity index is 2.32. The smallest absolute Gasteiger partial charge is 0.104 e. The summed E-state index contributed by atoms with van der Waals surface area (Å²) in [5.41, 5.74) is 5.39. The second kappa shape index (κ2) is 4.67. The first-order valence-corrected chi connectivity index (χ1v) is 4.39. The van der Waals surface area contributed by atoms with Crippen LogP contribution in [0.4, 0.5) is 4.39 Å². The number of rotatable bonds is 2. The van der Waals surface area contributed by atoms with E-state index in [9.17, 15) is 4.39 Å². The van der Waals surface area contributed by atoms with E-state index in [1.807, 2.05) is 0 Å². The Bertz CT molecular complexity index is 108. The van der Waals surface area contributed by atoms with Crippen LogP contribution in [0.2, 0.25) is 0 Å². The summed E-state index contributed by atoms with van der Waals surface area (Å²) in [5.74, 6) is 0.204. The molecule has 2 unspecified atom stereocenters. The number of nitrogens with one attached hydrogen (secondary N) is 1. The summed E-state index contributed by atoms with van der Waals surface area (Å²) in [5, 5.41) is 3.19. The maximum absolute atomic E-state index is 13.2. The van der Waals surface area contributed by atoms with E-state index in [0.29, 0.717) is 13.0 Å². The van der Waals surface area contributed by atoms with Gasteiger partial charge in [-0.25, -0.2) is 4.39 Å². The zero-order valence-corrected chi connectivity index (χ0v) is 6.85. The van der Waals surface area contributed by atoms with Crippen LogP contribution in [0.25, 0.3) is 0 Å². The van der Waals surface area contributed by atoms with Crippen LogP contribution < -0.4 is 11.1 Å². The van der Waals surface area contributed by atoms with Crippen molar-refractivity contribution < 1.29 is 4.39 Å². The van der Waals surface area contributed by atoms with Crippen molar-refractivity contribution in [3.63, 3.8) is 0 Å². The molecule has 2 atom stereocenters. The molecular formula is C8H17FN2. The summed E-state index contributed by atoms with van der Waals surface area (Å²) in [6, 6.07) is 0. The number of nitrogens with two attached hydrogens (primary N) is 1. The first kappa shape index (κ1) is 8.94. The molecule has 0 spiro atoms. The summed E-state index contributed by atoms with van der Waals surface area (Å²) < 4.78 is 13.2. The predicted octanol–water partition coefficient (Wildman–Crippen LogP) is 0.673. The van der Waals surface area contributed by atoms with Crippen LogP contribution in [-0.4, -0.2) is 25.8 Å². The van der Waals surface area contributed by atoms with Crippen LogP contribution in [0.1, 0.15) is 19.3 Å². The second-order valence-corrected chi connectivity index (χ2v) is 3.18. The van der Waals surface area contributed by atoms with E-state index in [1.165, 1.54) is 0 Å². The molecule has 3 heteroatoms. The van der Waals surface area contributed by atoms with Crippen LogP contribution in [0, 0.1) is 5.92 Å². The van der Waals surface area contributed by atoms with Gasteiger partial charge < -0.3 is 11.1 Å². The fraction of sp³-hybridized carbons (Fsp3) is 1.00. The third-order valence-electron chi connectivity index (χ3n) is 2.34. The Morgan fingerprint density at radius 1 is 1.36 bits per heavy atom. The average molecular weight is 160 g/mol. The average Bonchev–Trinajstić information content (AvgIpc) is 2.18. The third-order valence-corrected chi connectivity index (χ3v) is 2.34. The van der Waals surface area contributed by atoms with Crippen LogP contribution in [0.3, 0.4) is 0 Å². The lowest BCUT2D eigenvalue weighted by Crippen LogP contribution is -2.19. The fourth-order valence-electron chi connectivity index (χ4n) is 1.61. The molecule has 1 aliphatic rings. The minimum absolute atomic E-state index is 0.204. The van der Waals surface area contributed by atoms with Crippen molar-refractivity contribution >= 4 is 0 Å². The molecule has 0 bridgehead atoms. The van der Waals surface area contributed by atoms with Gasteiger partial charge in [0.05, 0.1) is 0 Å². The van der Waals surface area contributed by atoms with Gasteiger partial charge in [0.1, 0.15) is 6.17 Å². The highest BCUT2D eigenvalue weighted by Gasteiger charge is 2.21. The molecule has 2 nitrogen and oxygen atoms in total. The lowest BCUT2D eigenvalue weighted by atomic mass is 9.95. The van der Waals surface area contributed by atoms with E-state index >= 15 is 0 Å². The standard InChI is InChI=1S/C8H17FN2/c9-8-3-6-11-5-2-7(8)1-4-10/h7-8,11H,1-6,10H2. The van der Waals surface area contributed by atoms with Gasteiger partial charge in [0.15, 0.2) is 0 Å². The summed E-state index contributed by atoms with van der Waals surface area (Å²) in [4.78, 5) is 0. The van der Waals surface area contributed by atoms with Gasteiger partial charge in [0.25, 0.3) is 0 Å². The molecule has 0 radical (unpaired) electrons. The molecule has 66 valence electrons. The monoisotopic (exact) mass is 160 g/mol. The highest BCUT2D eigenvalue weighted by atomic mass is 19.1. The molecule has 0 saturated carbocycles. The minimum atomic E-state index is -0.631. The minimum Gasteiger partial charge on any atom is -0.330 e. The topological polar surface area (TPSA) is 38.0 Å². The van der Waals surface area contributed by atoms with Gasteiger partial charge >= 0.3 is 0 Å². The molecule has 0 aromatic heterocycles. The van der Waals surface area contributed by atoms with Crippen LogP contribution in [-0.2, 0) is 0 Å². The highest BCUT2D eigenvalue weighted by molar-refractivity contribution is 4.75. The third kappa shape index (κ3) is 2.75. The highest BCUT2D eigenvalue weighted by Crippen LogP contribution is 2.20. The molecule has 0 aliphatic carbocycles. The zero-order chi connectivity index (χ0) is 8.10. The van der Waals surface area contributed by atoms with Gasteiger partial charge in [-0.3, -0.25) is 0 Å². The lowest BCUT2D eigenvalue weighted by molar-refractivity contribution is 0.212. The Morgan fingerprint density at radius 2 is 2.09 bits per heavy atom. The second-order valence-electron chi connectivity index (χ2n) is 3.18. The molecule has 0 amide bonds. The molecular weight excluding hydrogens is 143 g/mol. The largest absolute Gasteiger partial charge is 0.330 e. The summed E-state index contributed by atoms with van der Waals surface area (Å²) in [6.45, 7) is 2.39. The molecule has 1 rings (SSSR count). The zero-order valence-electron chi connectivity index (χ0n) is 6.85. The molecule has 3 N–H and O–H groups in total. The van der Waals surface area contributed by atoms with Crippen molar-refractivity contribution in [2.75, 3.05) is 19.6 Å². The molecule has 0 aromatic rings. The van der Waals surface area contributed by atoms with Crippen molar-refractivity contribution in [1.29, 1.82) is 0 Å². The summed E-state index contributed by atoms with van der Waals surface area (Å²) in [6.07, 6.45) is 1.81. The van der Waals surface area contributed by atoms with E-state index in [-0.39, 0.29) is 5.92 Å². The van der Waals surface area contributed by atoms with Crippen LogP contribution in [0.15, 0.2) is 0 Å². The maximum Gasteiger partial charge on any atom is 0.104 e. The lowest BCUT2D eigenvalue weighted by Gasteiger charge is -2.16. The normalized spacial score (nSPS) is 33.3. The summed E-state index contributed by atoms with van der Waals surface area (Å²) >= 11 is 0. The van der Waals surface area contributed by atoms with Crippen molar-refractivity contribution in [2.24, 2.45) is 11.7 Å². The Hall–Kier alpha value is -0.150. The van der Waals surface area contributed by atoms with Gasteiger partial charge in [-0.05, 0) is 44.8 Å². The number of halogens is 1. The van der Waals surface area contributed by atoms with Gasteiger partial charge in [-0.2, -0.15) is 0 Å². The number of alkyl halides is 1. The van der Waals surface area contributed by atoms with Crippen LogP contribution in [0.5, 0.6) is 0 Å². The van der Waals surface area contributed by atoms with Crippen LogP contribution >= 0.6 is 0 Å². The van der Waals surface area contributed by atoms with E-state index in [2.05, 4.69) is 5.32 Å². The van der Waals surface area contributed by atoms with Gasteiger partial charge in [-0.15, -0.1) is 0 Å². The maximum atomic E-state index is 13.2. The van der Waals surface area contributed by atoms with E-state index in [0.717, 1.165) is 25.9 Å². The fourth-order valence-corrected chi connectivity index (χ4v) is 1.61. The first-order chi connectivity index (χ1) is 5.34. The van der Waals surface area contributed by atoms with E-state index in [1.54, 1.807) is 0 Å². The number of hydrogen-bond donors (Lipinski definition) is 2. The van der Waals surface area contributed by atoms with E-state index < -0.39 is 6.17 Å². The van der Waals surface area contributed by atoms with Gasteiger partial charge in [-0.1, -0.05) is 0 Å². The van der Waals surface area contributed by atoms with Gasteiger partial charge in [0.2, 0.25) is 0 Å². The quantitative estimate of drug-likeness (QED) is 0.623. The van der Waals surface area contributed by atoms with Crippen molar-refractivity contribution in [2.45, 2.75) is 25.4 Å². The Kier molecular flexibility index (Phi) is 3.80. The van der Waals surface area contributed by atoms with Crippen molar-refractivity contribution in [1.82, 2.24) is 5.32 Å². The molecule has 1 aliphatic heterocycles. The molecule has 11 heavy (non-hydrogen) atoms. The molecule has 1 heterocycles. The molecule has 1 fully saturated rings. The van der Waals surface area contributed by atoms with Crippen molar-refractivity contribution in [3.8, 4) is 0 Å². The van der Waals surface area contributed by atoms with Crippen molar-refractivity contribution in [3.05, 3.63) is 0 Å². The Morgan fingerprint density at radius 3 is 2.82 bits per heavy atom. The first-order valence-electron chi connectivity index (χ1n) is 4.39. The Labute approximate surface area is 67.3 Å².